The van der Waals surface area contributed by atoms with Gasteiger partial charge in [0.05, 0.1) is 22.8 Å². The number of benzene rings is 2. The fourth-order valence-corrected chi connectivity index (χ4v) is 8.07. The molecule has 0 radical (unpaired) electrons. The Morgan fingerprint density at radius 2 is 0.750 bits per heavy atom. The van der Waals surface area contributed by atoms with Crippen molar-refractivity contribution in [2.45, 2.75) is 246 Å². The molecule has 0 aliphatic carbocycles. The van der Waals surface area contributed by atoms with Gasteiger partial charge in [-0.2, -0.15) is 0 Å². The number of aryl methyl sites for hydroxylation is 2. The van der Waals surface area contributed by atoms with E-state index in [1.165, 1.54) is 165 Å². The first-order valence-corrected chi connectivity index (χ1v) is 26.0. The third kappa shape index (κ3) is 28.5. The Bertz CT molecular complexity index is 1420. The summed E-state index contributed by atoms with van der Waals surface area (Å²) in [5.74, 6) is 0. The van der Waals surface area contributed by atoms with E-state index >= 15 is 0 Å². The highest BCUT2D eigenvalue weighted by Gasteiger charge is 2.11. The summed E-state index contributed by atoms with van der Waals surface area (Å²) in [7, 11) is 0. The normalized spacial score (nSPS) is 12.6. The van der Waals surface area contributed by atoms with Gasteiger partial charge in [-0.25, -0.2) is 4.99 Å². The van der Waals surface area contributed by atoms with Gasteiger partial charge in [-0.15, -0.1) is 0 Å². The van der Waals surface area contributed by atoms with Crippen molar-refractivity contribution in [3.63, 3.8) is 0 Å². The molecule has 0 aliphatic rings. The number of nitrogens with zero attached hydrogens (tertiary/aromatic N) is 2. The third-order valence-corrected chi connectivity index (χ3v) is 11.9. The van der Waals surface area contributed by atoms with Crippen LogP contribution in [0.5, 0.6) is 0 Å². The van der Waals surface area contributed by atoms with Crippen LogP contribution in [0.15, 0.2) is 95.0 Å². The third-order valence-electron chi connectivity index (χ3n) is 11.9. The van der Waals surface area contributed by atoms with Gasteiger partial charge in [0.2, 0.25) is 0 Å². The molecule has 2 rings (SSSR count). The van der Waals surface area contributed by atoms with Crippen molar-refractivity contribution < 1.29 is 0 Å². The topological polar surface area (TPSA) is 24.7 Å². The standard InChI is InChI=1S/C58H94N2/c1-5-9-13-15-17-19-21-23-25-27-29-31-33-35-39-45-53-47-41-43-49-55(53)59-57(51-37-11-7-3)58(52-38-12-8-4)60-56-50-44-42-48-54(56)46-40-36-34-32-30-28-26-24-22-20-18-16-14-10-6-2/h31-34,37,41-44,47-51H,5-30,35-36,38-40,45-46,52H2,1-4H3/b33-31+,34-32+,51-37+,59-57?,60-58?. The van der Waals surface area contributed by atoms with Crippen LogP contribution in [0.4, 0.5) is 11.4 Å². The lowest BCUT2D eigenvalue weighted by atomic mass is 10.0. The Balaban J connectivity index is 1.99. The van der Waals surface area contributed by atoms with E-state index < -0.39 is 0 Å². The SMILES string of the molecule is CCC/C=C/C(=Nc1ccccc1CCC/C=C/CCCCCCCCCCCC)C(CCCCC)=Nc1ccccc1CCC/C=C/CCCCCCCCCCCC. The van der Waals surface area contributed by atoms with Crippen LogP contribution in [-0.2, 0) is 12.8 Å². The quantitative estimate of drug-likeness (QED) is 0.0364. The molecule has 0 amide bonds. The second kappa shape index (κ2) is 40.1. The Kier molecular flexibility index (Phi) is 35.5. The molecule has 336 valence electrons. The van der Waals surface area contributed by atoms with Crippen molar-refractivity contribution in [3.8, 4) is 0 Å². The molecule has 2 aromatic carbocycles. The molecule has 0 aromatic heterocycles. The van der Waals surface area contributed by atoms with Crippen LogP contribution in [0.1, 0.15) is 244 Å². The summed E-state index contributed by atoms with van der Waals surface area (Å²) in [4.78, 5) is 10.9. The molecule has 0 aliphatic heterocycles. The highest BCUT2D eigenvalue weighted by Crippen LogP contribution is 2.26. The van der Waals surface area contributed by atoms with Crippen molar-refractivity contribution in [2.24, 2.45) is 9.98 Å². The van der Waals surface area contributed by atoms with E-state index in [0.717, 1.165) is 87.0 Å². The molecule has 0 heterocycles. The molecule has 0 saturated heterocycles. The van der Waals surface area contributed by atoms with Gasteiger partial charge in [-0.1, -0.05) is 229 Å². The minimum absolute atomic E-state index is 0.950. The maximum Gasteiger partial charge on any atom is 0.0848 e. The molecule has 0 atom stereocenters. The smallest absolute Gasteiger partial charge is 0.0848 e. The van der Waals surface area contributed by atoms with E-state index in [-0.39, 0.29) is 0 Å². The minimum Gasteiger partial charge on any atom is -0.251 e. The van der Waals surface area contributed by atoms with Crippen molar-refractivity contribution >= 4 is 22.8 Å². The number of para-hydroxylation sites is 2. The average Bonchev–Trinajstić information content (AvgIpc) is 3.26. The fraction of sp³-hybridized carbons (Fsp3) is 0.655. The number of rotatable bonds is 40. The fourth-order valence-electron chi connectivity index (χ4n) is 8.07. The van der Waals surface area contributed by atoms with E-state index in [1.54, 1.807) is 0 Å². The van der Waals surface area contributed by atoms with Crippen LogP contribution in [0.3, 0.4) is 0 Å². The average molecular weight is 819 g/mol. The maximum atomic E-state index is 5.48. The van der Waals surface area contributed by atoms with Gasteiger partial charge in [0, 0.05) is 0 Å². The molecule has 2 nitrogen and oxygen atoms in total. The molecule has 2 heteroatoms. The zero-order valence-corrected chi connectivity index (χ0v) is 40.0. The number of aliphatic imine (C=N–C) groups is 2. The summed E-state index contributed by atoms with van der Waals surface area (Å²) >= 11 is 0. The summed E-state index contributed by atoms with van der Waals surface area (Å²) in [6.07, 6.45) is 58.2. The zero-order valence-electron chi connectivity index (χ0n) is 40.0. The lowest BCUT2D eigenvalue weighted by Crippen LogP contribution is -2.12. The lowest BCUT2D eigenvalue weighted by Gasteiger charge is -2.12. The summed E-state index contributed by atoms with van der Waals surface area (Å²) in [6.45, 7) is 9.14. The van der Waals surface area contributed by atoms with Gasteiger partial charge in [0.25, 0.3) is 0 Å². The molecule has 0 N–H and O–H groups in total. The molecular weight excluding hydrogens is 725 g/mol. The van der Waals surface area contributed by atoms with E-state index in [2.05, 4.69) is 113 Å². The summed E-state index contributed by atoms with van der Waals surface area (Å²) in [6, 6.07) is 17.7. The lowest BCUT2D eigenvalue weighted by molar-refractivity contribution is 0.557. The van der Waals surface area contributed by atoms with Gasteiger partial charge in [0.15, 0.2) is 0 Å². The van der Waals surface area contributed by atoms with Gasteiger partial charge in [-0.3, -0.25) is 4.99 Å². The monoisotopic (exact) mass is 819 g/mol. The largest absolute Gasteiger partial charge is 0.251 e. The zero-order chi connectivity index (χ0) is 42.8. The summed E-state index contributed by atoms with van der Waals surface area (Å²) in [5.41, 5.74) is 7.08. The van der Waals surface area contributed by atoms with Crippen molar-refractivity contribution in [2.75, 3.05) is 0 Å². The number of hydrogen-bond donors (Lipinski definition) is 0. The molecule has 2 aromatic rings. The summed E-state index contributed by atoms with van der Waals surface area (Å²) < 4.78 is 0. The first-order chi connectivity index (χ1) is 29.7. The van der Waals surface area contributed by atoms with E-state index in [4.69, 9.17) is 9.98 Å². The van der Waals surface area contributed by atoms with Crippen molar-refractivity contribution in [3.05, 3.63) is 96.1 Å². The molecular formula is C58H94N2. The predicted molar refractivity (Wildman–Crippen MR) is 272 cm³/mol. The van der Waals surface area contributed by atoms with Crippen LogP contribution in [0, 0.1) is 0 Å². The van der Waals surface area contributed by atoms with Gasteiger partial charge < -0.3 is 0 Å². The van der Waals surface area contributed by atoms with Crippen molar-refractivity contribution in [1.29, 1.82) is 0 Å². The van der Waals surface area contributed by atoms with Gasteiger partial charge in [0.1, 0.15) is 0 Å². The molecule has 0 fully saturated rings. The predicted octanol–water partition coefficient (Wildman–Crippen LogP) is 19.8. The second-order valence-electron chi connectivity index (χ2n) is 17.6. The first-order valence-electron chi connectivity index (χ1n) is 26.0. The molecule has 0 unspecified atom stereocenters. The Morgan fingerprint density at radius 3 is 1.20 bits per heavy atom. The van der Waals surface area contributed by atoms with Crippen LogP contribution in [0.2, 0.25) is 0 Å². The first kappa shape index (κ1) is 53.1. The van der Waals surface area contributed by atoms with Crippen LogP contribution in [0.25, 0.3) is 0 Å². The van der Waals surface area contributed by atoms with E-state index in [0.29, 0.717) is 0 Å². The van der Waals surface area contributed by atoms with Gasteiger partial charge in [-0.05, 0) is 113 Å². The molecule has 0 spiro atoms. The Morgan fingerprint density at radius 1 is 0.367 bits per heavy atom. The molecule has 0 bridgehead atoms. The Hall–Kier alpha value is -3.00. The van der Waals surface area contributed by atoms with Crippen LogP contribution in [-0.4, -0.2) is 11.4 Å². The second-order valence-corrected chi connectivity index (χ2v) is 17.6. The molecule has 0 saturated carbocycles. The number of hydrogen-bond acceptors (Lipinski definition) is 2. The highest BCUT2D eigenvalue weighted by molar-refractivity contribution is 6.47. The van der Waals surface area contributed by atoms with Crippen LogP contribution < -0.4 is 0 Å². The minimum atomic E-state index is 0.950. The van der Waals surface area contributed by atoms with Gasteiger partial charge >= 0.3 is 0 Å². The molecule has 60 heavy (non-hydrogen) atoms. The number of allylic oxidation sites excluding steroid dienone is 6. The van der Waals surface area contributed by atoms with E-state index in [1.807, 2.05) is 0 Å². The maximum absolute atomic E-state index is 5.48. The number of unbranched alkanes of at least 4 members (excludes halogenated alkanes) is 25. The van der Waals surface area contributed by atoms with Crippen molar-refractivity contribution in [1.82, 2.24) is 0 Å². The Labute approximate surface area is 373 Å². The van der Waals surface area contributed by atoms with E-state index in [9.17, 15) is 0 Å². The summed E-state index contributed by atoms with van der Waals surface area (Å²) in [5, 5.41) is 0. The van der Waals surface area contributed by atoms with Crippen LogP contribution >= 0.6 is 0 Å². The highest BCUT2D eigenvalue weighted by atomic mass is 14.8.